The minimum absolute atomic E-state index is 0.559. The summed E-state index contributed by atoms with van der Waals surface area (Å²) in [7, 11) is 0. The highest BCUT2D eigenvalue weighted by atomic mass is 14.6. The van der Waals surface area contributed by atoms with E-state index in [1.807, 2.05) is 0 Å². The molecule has 1 aliphatic carbocycles. The van der Waals surface area contributed by atoms with E-state index in [4.69, 9.17) is 0 Å². The van der Waals surface area contributed by atoms with Crippen LogP contribution >= 0.6 is 0 Å². The summed E-state index contributed by atoms with van der Waals surface area (Å²) in [6.07, 6.45) is 1.39. The van der Waals surface area contributed by atoms with E-state index < -0.39 is 0 Å². The third kappa shape index (κ3) is 1.43. The average Bonchev–Trinajstić information content (AvgIpc) is 2.00. The maximum atomic E-state index is 2.48. The second-order valence-corrected chi connectivity index (χ2v) is 6.37. The quantitative estimate of drug-likeness (QED) is 0.595. The third-order valence-electron chi connectivity index (χ3n) is 5.06. The van der Waals surface area contributed by atoms with Crippen LogP contribution in [0.15, 0.2) is 0 Å². The molecule has 1 fully saturated rings. The Morgan fingerprint density at radius 2 is 1.38 bits per heavy atom. The van der Waals surface area contributed by atoms with E-state index in [9.17, 15) is 0 Å². The second kappa shape index (κ2) is 3.00. The number of hydrogen-bond acceptors (Lipinski definition) is 0. The lowest BCUT2D eigenvalue weighted by Gasteiger charge is -2.65. The van der Waals surface area contributed by atoms with Crippen molar-refractivity contribution in [3.05, 3.63) is 0 Å². The molecule has 2 unspecified atom stereocenters. The topological polar surface area (TPSA) is 0 Å². The Hall–Kier alpha value is 0. The zero-order valence-corrected chi connectivity index (χ0v) is 10.4. The summed E-state index contributed by atoms with van der Waals surface area (Å²) in [6, 6.07) is 0. The highest BCUT2D eigenvalue weighted by Gasteiger charge is 2.58. The second-order valence-electron chi connectivity index (χ2n) is 6.37. The van der Waals surface area contributed by atoms with E-state index in [-0.39, 0.29) is 0 Å². The lowest BCUT2D eigenvalue weighted by Crippen LogP contribution is -2.58. The first-order valence-electron chi connectivity index (χ1n) is 5.73. The molecule has 0 saturated heterocycles. The van der Waals surface area contributed by atoms with Crippen molar-refractivity contribution in [1.82, 2.24) is 0 Å². The fourth-order valence-electron chi connectivity index (χ4n) is 3.59. The first-order chi connectivity index (χ1) is 5.73. The van der Waals surface area contributed by atoms with Crippen molar-refractivity contribution in [1.29, 1.82) is 0 Å². The largest absolute Gasteiger partial charge is 0.0628 e. The molecule has 1 saturated carbocycles. The van der Waals surface area contributed by atoms with Gasteiger partial charge in [-0.3, -0.25) is 0 Å². The van der Waals surface area contributed by atoms with Gasteiger partial charge in [-0.1, -0.05) is 48.5 Å². The summed E-state index contributed by atoms with van der Waals surface area (Å²) < 4.78 is 0. The molecule has 78 valence electrons. The molecule has 0 aromatic rings. The minimum Gasteiger partial charge on any atom is -0.0628 e. The van der Waals surface area contributed by atoms with Gasteiger partial charge in [0, 0.05) is 0 Å². The predicted molar refractivity (Wildman–Crippen MR) is 59.7 cm³/mol. The summed E-state index contributed by atoms with van der Waals surface area (Å²) in [6.45, 7) is 16.9. The Kier molecular flexibility index (Phi) is 2.56. The van der Waals surface area contributed by atoms with Gasteiger partial charge in [0.15, 0.2) is 0 Å². The monoisotopic (exact) mass is 182 g/mol. The molecule has 0 heteroatoms. The average molecular weight is 182 g/mol. The summed E-state index contributed by atoms with van der Waals surface area (Å²) in [5.74, 6) is 2.58. The van der Waals surface area contributed by atoms with Crippen molar-refractivity contribution in [2.75, 3.05) is 0 Å². The number of rotatable bonds is 2. The normalized spacial score (nSPS) is 43.4. The Morgan fingerprint density at radius 1 is 1.00 bits per heavy atom. The van der Waals surface area contributed by atoms with Crippen LogP contribution in [0.25, 0.3) is 0 Å². The minimum atomic E-state index is 0.559. The van der Waals surface area contributed by atoms with Crippen LogP contribution in [-0.4, -0.2) is 0 Å². The Balaban J connectivity index is 2.73. The van der Waals surface area contributed by atoms with Crippen molar-refractivity contribution in [3.8, 4) is 0 Å². The molecular weight excluding hydrogens is 156 g/mol. The fraction of sp³-hybridized carbons (Fsp3) is 1.00. The van der Waals surface area contributed by atoms with E-state index in [2.05, 4.69) is 48.5 Å². The van der Waals surface area contributed by atoms with E-state index >= 15 is 0 Å². The molecule has 0 heterocycles. The molecule has 1 aliphatic rings. The summed E-state index contributed by atoms with van der Waals surface area (Å²) in [4.78, 5) is 0. The van der Waals surface area contributed by atoms with Crippen molar-refractivity contribution >= 4 is 0 Å². The van der Waals surface area contributed by atoms with E-state index in [1.165, 1.54) is 6.42 Å². The molecule has 0 radical (unpaired) electrons. The van der Waals surface area contributed by atoms with Gasteiger partial charge in [-0.2, -0.15) is 0 Å². The lowest BCUT2D eigenvalue weighted by molar-refractivity contribution is -0.163. The smallest absolute Gasteiger partial charge is 0.0262 e. The van der Waals surface area contributed by atoms with Gasteiger partial charge in [-0.05, 0) is 35.0 Å². The van der Waals surface area contributed by atoms with E-state index in [0.717, 1.165) is 17.8 Å². The molecule has 1 rings (SSSR count). The molecule has 0 nitrogen and oxygen atoms in total. The first kappa shape index (κ1) is 11.1. The zero-order chi connectivity index (χ0) is 10.4. The van der Waals surface area contributed by atoms with Crippen LogP contribution < -0.4 is 0 Å². The SMILES string of the molecule is CC(C)CC1(C)C(C)C(C)(C)C1C. The van der Waals surface area contributed by atoms with Crippen molar-refractivity contribution in [3.63, 3.8) is 0 Å². The van der Waals surface area contributed by atoms with Crippen LogP contribution in [0.3, 0.4) is 0 Å². The molecule has 0 amide bonds. The van der Waals surface area contributed by atoms with Gasteiger partial charge >= 0.3 is 0 Å². The molecule has 2 atom stereocenters. The standard InChI is InChI=1S/C13H26/c1-9(2)8-13(7)10(3)12(5,6)11(13)4/h9-11H,8H2,1-7H3. The van der Waals surface area contributed by atoms with Crippen molar-refractivity contribution < 1.29 is 0 Å². The summed E-state index contributed by atoms with van der Waals surface area (Å²) in [5, 5.41) is 0. The molecule has 0 spiro atoms. The molecule has 0 N–H and O–H groups in total. The zero-order valence-electron chi connectivity index (χ0n) is 10.4. The van der Waals surface area contributed by atoms with Gasteiger partial charge in [0.1, 0.15) is 0 Å². The van der Waals surface area contributed by atoms with E-state index in [1.54, 1.807) is 0 Å². The highest BCUT2D eigenvalue weighted by molar-refractivity contribution is 5.07. The molecule has 13 heavy (non-hydrogen) atoms. The molecule has 0 aromatic heterocycles. The Morgan fingerprint density at radius 3 is 1.69 bits per heavy atom. The maximum Gasteiger partial charge on any atom is -0.0262 e. The van der Waals surface area contributed by atoms with Crippen molar-refractivity contribution in [2.24, 2.45) is 28.6 Å². The van der Waals surface area contributed by atoms with Gasteiger partial charge in [0.2, 0.25) is 0 Å². The Labute approximate surface area is 84.1 Å². The maximum absolute atomic E-state index is 2.48. The fourth-order valence-corrected chi connectivity index (χ4v) is 3.59. The summed E-state index contributed by atoms with van der Waals surface area (Å²) >= 11 is 0. The Bertz CT molecular complexity index is 176. The van der Waals surface area contributed by atoms with E-state index in [0.29, 0.717) is 10.8 Å². The van der Waals surface area contributed by atoms with Gasteiger partial charge in [-0.15, -0.1) is 0 Å². The number of hydrogen-bond donors (Lipinski definition) is 0. The third-order valence-corrected chi connectivity index (χ3v) is 5.06. The first-order valence-corrected chi connectivity index (χ1v) is 5.73. The van der Waals surface area contributed by atoms with Crippen LogP contribution in [0.4, 0.5) is 0 Å². The molecule has 0 aliphatic heterocycles. The van der Waals surface area contributed by atoms with Gasteiger partial charge in [0.25, 0.3) is 0 Å². The molecule has 0 aromatic carbocycles. The van der Waals surface area contributed by atoms with Crippen LogP contribution in [0.2, 0.25) is 0 Å². The van der Waals surface area contributed by atoms with Crippen LogP contribution in [0.1, 0.15) is 54.9 Å². The van der Waals surface area contributed by atoms with Crippen molar-refractivity contribution in [2.45, 2.75) is 54.9 Å². The summed E-state index contributed by atoms with van der Waals surface area (Å²) in [5.41, 5.74) is 1.15. The van der Waals surface area contributed by atoms with Gasteiger partial charge in [0.05, 0.1) is 0 Å². The molecule has 0 bridgehead atoms. The lowest BCUT2D eigenvalue weighted by atomic mass is 9.40. The molecular formula is C13H26. The van der Waals surface area contributed by atoms with Crippen LogP contribution in [-0.2, 0) is 0 Å². The predicted octanol–water partition coefficient (Wildman–Crippen LogP) is 4.35. The van der Waals surface area contributed by atoms with Gasteiger partial charge in [-0.25, -0.2) is 0 Å². The van der Waals surface area contributed by atoms with Gasteiger partial charge < -0.3 is 0 Å². The highest BCUT2D eigenvalue weighted by Crippen LogP contribution is 2.65. The van der Waals surface area contributed by atoms with Crippen LogP contribution in [0, 0.1) is 28.6 Å². The van der Waals surface area contributed by atoms with Crippen LogP contribution in [0.5, 0.6) is 0 Å².